The van der Waals surface area contributed by atoms with Crippen molar-refractivity contribution >= 4 is 28.7 Å². The van der Waals surface area contributed by atoms with E-state index in [4.69, 9.17) is 19.5 Å². The van der Waals surface area contributed by atoms with Crippen LogP contribution in [0.1, 0.15) is 58.0 Å². The van der Waals surface area contributed by atoms with E-state index in [1.165, 1.54) is 0 Å². The molecule has 11 rings (SSSR count). The van der Waals surface area contributed by atoms with Gasteiger partial charge in [0.05, 0.1) is 11.4 Å². The average Bonchev–Trinajstić information content (AvgIpc) is 3.29. The number of hydrogen-bond acceptors (Lipinski definition) is 9. The summed E-state index contributed by atoms with van der Waals surface area (Å²) in [5.74, 6) is 4.53. The molecule has 0 saturated carbocycles. The molecular formula is C48H37N7O2. The molecule has 0 radical (unpaired) electrons. The Kier molecular flexibility index (Phi) is 8.04. The average molecular weight is 744 g/mol. The zero-order valence-corrected chi connectivity index (χ0v) is 30.7. The molecule has 0 aromatic heterocycles. The van der Waals surface area contributed by atoms with Crippen molar-refractivity contribution in [1.29, 1.82) is 0 Å². The summed E-state index contributed by atoms with van der Waals surface area (Å²) in [7, 11) is 0. The number of amidine groups is 2. The minimum atomic E-state index is -0.328. The van der Waals surface area contributed by atoms with E-state index in [1.54, 1.807) is 0 Å². The highest BCUT2D eigenvalue weighted by Gasteiger charge is 2.36. The van der Waals surface area contributed by atoms with Crippen molar-refractivity contribution in [1.82, 2.24) is 21.3 Å². The van der Waals surface area contributed by atoms with Gasteiger partial charge in [-0.2, -0.15) is 0 Å². The Labute approximate surface area is 330 Å². The van der Waals surface area contributed by atoms with Crippen LogP contribution in [0.5, 0.6) is 23.0 Å². The molecule has 9 nitrogen and oxygen atoms in total. The molecule has 0 amide bonds. The number of rotatable bonds is 6. The minimum Gasteiger partial charge on any atom is -0.453 e. The number of hydrogen-bond donors (Lipinski definition) is 4. The summed E-state index contributed by atoms with van der Waals surface area (Å²) < 4.78 is 13.3. The van der Waals surface area contributed by atoms with Crippen LogP contribution >= 0.6 is 0 Å². The number of benzene rings is 7. The van der Waals surface area contributed by atoms with E-state index in [-0.39, 0.29) is 24.7 Å². The van der Waals surface area contributed by atoms with Crippen LogP contribution in [0.2, 0.25) is 0 Å². The molecule has 7 aromatic carbocycles. The van der Waals surface area contributed by atoms with Gasteiger partial charge in [-0.3, -0.25) is 15.5 Å². The predicted molar refractivity (Wildman–Crippen MR) is 224 cm³/mol. The Morgan fingerprint density at radius 3 is 1.49 bits per heavy atom. The van der Waals surface area contributed by atoms with E-state index >= 15 is 0 Å². The molecule has 57 heavy (non-hydrogen) atoms. The van der Waals surface area contributed by atoms with Crippen LogP contribution in [0.3, 0.4) is 0 Å². The SMILES string of the molecule is c1ccc(C2=NC(c3ccc4c(c3)Oc3cccc5c3N4c3ccc(C4=NC(c6ccccc6)NC(c6ccccc6)N4)cc3O5)NC(c3ccccc3)N2)cc1. The first-order valence-electron chi connectivity index (χ1n) is 19.2. The van der Waals surface area contributed by atoms with Gasteiger partial charge in [-0.05, 0) is 64.7 Å². The third-order valence-electron chi connectivity index (χ3n) is 10.8. The Morgan fingerprint density at radius 1 is 0.404 bits per heavy atom. The van der Waals surface area contributed by atoms with Gasteiger partial charge in [-0.25, -0.2) is 9.98 Å². The number of ether oxygens (including phenoxy) is 2. The molecule has 0 bridgehead atoms. The molecule has 276 valence electrons. The van der Waals surface area contributed by atoms with Crippen molar-refractivity contribution < 1.29 is 9.47 Å². The van der Waals surface area contributed by atoms with Crippen LogP contribution in [0.25, 0.3) is 0 Å². The van der Waals surface area contributed by atoms with E-state index in [0.717, 1.165) is 85.1 Å². The molecule has 7 aromatic rings. The Morgan fingerprint density at radius 2 is 0.895 bits per heavy atom. The fraction of sp³-hybridized carbons (Fsp3) is 0.0833. The molecule has 4 N–H and O–H groups in total. The first-order valence-corrected chi connectivity index (χ1v) is 19.2. The number of para-hydroxylation sites is 1. The number of nitrogens with one attached hydrogen (secondary N) is 4. The van der Waals surface area contributed by atoms with Crippen LogP contribution in [-0.2, 0) is 0 Å². The maximum atomic E-state index is 6.67. The fourth-order valence-corrected chi connectivity index (χ4v) is 8.01. The summed E-state index contributed by atoms with van der Waals surface area (Å²) in [5.41, 5.74) is 9.00. The molecule has 4 aliphatic heterocycles. The van der Waals surface area contributed by atoms with Crippen molar-refractivity contribution in [3.63, 3.8) is 0 Å². The summed E-state index contributed by atoms with van der Waals surface area (Å²) in [4.78, 5) is 12.6. The highest BCUT2D eigenvalue weighted by Crippen LogP contribution is 2.59. The summed E-state index contributed by atoms with van der Waals surface area (Å²) >= 11 is 0. The van der Waals surface area contributed by atoms with E-state index in [1.807, 2.05) is 66.7 Å². The highest BCUT2D eigenvalue weighted by atomic mass is 16.5. The summed E-state index contributed by atoms with van der Waals surface area (Å²) in [5, 5.41) is 14.7. The number of fused-ring (bicyclic) bond motifs is 4. The van der Waals surface area contributed by atoms with Crippen molar-refractivity contribution in [3.8, 4) is 23.0 Å². The van der Waals surface area contributed by atoms with Crippen molar-refractivity contribution in [2.24, 2.45) is 9.98 Å². The van der Waals surface area contributed by atoms with Gasteiger partial charge < -0.3 is 20.1 Å². The van der Waals surface area contributed by atoms with E-state index in [2.05, 4.69) is 135 Å². The lowest BCUT2D eigenvalue weighted by molar-refractivity contribution is 0.406. The van der Waals surface area contributed by atoms with Crippen molar-refractivity contribution in [2.75, 3.05) is 4.90 Å². The predicted octanol–water partition coefficient (Wildman–Crippen LogP) is 10.0. The van der Waals surface area contributed by atoms with Gasteiger partial charge in [0, 0.05) is 11.1 Å². The third kappa shape index (κ3) is 6.06. The van der Waals surface area contributed by atoms with Crippen LogP contribution in [0.15, 0.2) is 186 Å². The largest absolute Gasteiger partial charge is 0.453 e. The van der Waals surface area contributed by atoms with Crippen molar-refractivity contribution in [2.45, 2.75) is 24.7 Å². The lowest BCUT2D eigenvalue weighted by atomic mass is 10.0. The van der Waals surface area contributed by atoms with Gasteiger partial charge in [0.25, 0.3) is 0 Å². The second kappa shape index (κ2) is 13.8. The molecule has 4 heterocycles. The highest BCUT2D eigenvalue weighted by molar-refractivity contribution is 6.02. The number of nitrogens with zero attached hydrogens (tertiary/aromatic N) is 3. The van der Waals surface area contributed by atoms with Gasteiger partial charge in [0.2, 0.25) is 0 Å². The van der Waals surface area contributed by atoms with E-state index in [0.29, 0.717) is 0 Å². The molecule has 4 atom stereocenters. The Balaban J connectivity index is 0.963. The van der Waals surface area contributed by atoms with Crippen LogP contribution in [0, 0.1) is 0 Å². The monoisotopic (exact) mass is 743 g/mol. The van der Waals surface area contributed by atoms with Crippen LogP contribution in [-0.4, -0.2) is 11.7 Å². The first kappa shape index (κ1) is 33.2. The second-order valence-corrected chi connectivity index (χ2v) is 14.4. The zero-order chi connectivity index (χ0) is 37.7. The number of aliphatic imine (C=N–C) groups is 2. The first-order chi connectivity index (χ1) is 28.2. The van der Waals surface area contributed by atoms with E-state index in [9.17, 15) is 0 Å². The molecule has 0 aliphatic carbocycles. The van der Waals surface area contributed by atoms with Crippen LogP contribution < -0.4 is 35.6 Å². The fourth-order valence-electron chi connectivity index (χ4n) is 8.01. The third-order valence-corrected chi connectivity index (χ3v) is 10.8. The Hall–Kier alpha value is -7.20. The maximum Gasteiger partial charge on any atom is 0.155 e. The molecular weight excluding hydrogens is 707 g/mol. The minimum absolute atomic E-state index is 0.144. The quantitative estimate of drug-likeness (QED) is 0.135. The second-order valence-electron chi connectivity index (χ2n) is 14.4. The van der Waals surface area contributed by atoms with Crippen LogP contribution in [0.4, 0.5) is 17.1 Å². The van der Waals surface area contributed by atoms with Gasteiger partial charge in [-0.1, -0.05) is 133 Å². The lowest BCUT2D eigenvalue weighted by Crippen LogP contribution is -2.45. The smallest absolute Gasteiger partial charge is 0.155 e. The van der Waals surface area contributed by atoms with Gasteiger partial charge in [0.15, 0.2) is 23.0 Å². The normalized spacial score (nSPS) is 20.2. The Bertz CT molecular complexity index is 2670. The number of anilines is 3. The molecule has 4 unspecified atom stereocenters. The molecule has 4 aliphatic rings. The summed E-state index contributed by atoms with van der Waals surface area (Å²) in [6, 6.07) is 60.0. The molecule has 9 heteroatoms. The summed E-state index contributed by atoms with van der Waals surface area (Å²) in [6.45, 7) is 0. The van der Waals surface area contributed by atoms with Gasteiger partial charge >= 0.3 is 0 Å². The molecule has 0 fully saturated rings. The van der Waals surface area contributed by atoms with E-state index < -0.39 is 0 Å². The zero-order valence-electron chi connectivity index (χ0n) is 30.7. The summed E-state index contributed by atoms with van der Waals surface area (Å²) in [6.07, 6.45) is -0.853. The molecule has 0 saturated heterocycles. The lowest BCUT2D eigenvalue weighted by Gasteiger charge is -2.38. The van der Waals surface area contributed by atoms with Gasteiger partial charge in [0.1, 0.15) is 42.0 Å². The standard InChI is InChI=1S/C48H37N7O2/c1-5-14-30(15-6-1)43-49-44(31-16-7-2-8-17-31)52-47(51-43)34-24-26-36-40(28-34)56-38-22-13-23-39-42(38)55(36)37-27-25-35(29-41(37)57-39)48-53-45(32-18-9-3-10-19-32)50-46(54-48)33-20-11-4-12-21-33/h1-29,43-45,48-49,53H,(H,50,54)(H,51,52). The van der Waals surface area contributed by atoms with Gasteiger partial charge in [-0.15, -0.1) is 0 Å². The topological polar surface area (TPSA) is 94.5 Å². The molecule has 0 spiro atoms. The van der Waals surface area contributed by atoms with Crippen molar-refractivity contribution in [3.05, 3.63) is 209 Å². The maximum absolute atomic E-state index is 6.67.